The molecule has 0 aromatic carbocycles. The Kier molecular flexibility index (Phi) is 10.5. The summed E-state index contributed by atoms with van der Waals surface area (Å²) < 4.78 is 6.17. The molecule has 0 aliphatic rings. The minimum Gasteiger partial charge on any atom is -0.417 e. The first-order chi connectivity index (χ1) is 9.31. The van der Waals surface area contributed by atoms with E-state index in [0.29, 0.717) is 5.04 Å². The van der Waals surface area contributed by atoms with Crippen molar-refractivity contribution in [2.24, 2.45) is 0 Å². The van der Waals surface area contributed by atoms with Crippen LogP contribution in [-0.2, 0) is 9.22 Å². The predicted octanol–water partition coefficient (Wildman–Crippen LogP) is 5.72. The van der Waals surface area contributed by atoms with E-state index in [0.717, 1.165) is 25.7 Å². The van der Waals surface area contributed by atoms with Crippen molar-refractivity contribution in [1.82, 2.24) is 0 Å². The monoisotopic (exact) mass is 300 g/mol. The predicted molar refractivity (Wildman–Crippen MR) is 90.8 cm³/mol. The van der Waals surface area contributed by atoms with Gasteiger partial charge >= 0.3 is 0 Å². The quantitative estimate of drug-likeness (QED) is 0.262. The lowest BCUT2D eigenvalue weighted by molar-refractivity contribution is -0.107. The van der Waals surface area contributed by atoms with E-state index in [1.165, 1.54) is 44.9 Å². The summed E-state index contributed by atoms with van der Waals surface area (Å²) in [6.07, 6.45) is 11.8. The normalized spacial score (nSPS) is 12.7. The maximum Gasteiger partial charge on any atom is 0.191 e. The molecule has 0 saturated carbocycles. The van der Waals surface area contributed by atoms with Gasteiger partial charge in [-0.05, 0) is 31.0 Å². The van der Waals surface area contributed by atoms with Crippen molar-refractivity contribution < 1.29 is 9.22 Å². The van der Waals surface area contributed by atoms with Crippen LogP contribution in [0.1, 0.15) is 78.6 Å². The summed E-state index contributed by atoms with van der Waals surface area (Å²) >= 11 is 0. The van der Waals surface area contributed by atoms with Gasteiger partial charge in [0.05, 0.1) is 0 Å². The van der Waals surface area contributed by atoms with Gasteiger partial charge in [-0.2, -0.15) is 0 Å². The van der Waals surface area contributed by atoms with Crippen LogP contribution < -0.4 is 0 Å². The number of hydrogen-bond donors (Lipinski definition) is 0. The Morgan fingerprint density at radius 1 is 0.850 bits per heavy atom. The molecule has 0 aliphatic carbocycles. The lowest BCUT2D eigenvalue weighted by Gasteiger charge is -2.36. The lowest BCUT2D eigenvalue weighted by Crippen LogP contribution is -2.40. The fourth-order valence-electron chi connectivity index (χ4n) is 1.93. The van der Waals surface area contributed by atoms with Crippen molar-refractivity contribution in [3.05, 3.63) is 0 Å². The Morgan fingerprint density at radius 3 is 1.75 bits per heavy atom. The molecule has 20 heavy (non-hydrogen) atoms. The highest BCUT2D eigenvalue weighted by molar-refractivity contribution is 6.74. The zero-order chi connectivity index (χ0) is 15.5. The average Bonchev–Trinajstić information content (AvgIpc) is 2.34. The molecule has 0 amide bonds. The fraction of sp³-hybridized carbons (Fsp3) is 0.941. The van der Waals surface area contributed by atoms with E-state index in [9.17, 15) is 4.79 Å². The molecule has 0 unspecified atom stereocenters. The molecule has 3 heteroatoms. The summed E-state index contributed by atoms with van der Waals surface area (Å²) in [6.45, 7) is 12.5. The van der Waals surface area contributed by atoms with E-state index in [4.69, 9.17) is 4.43 Å². The Hall–Kier alpha value is -0.153. The molecule has 0 atom stereocenters. The molecule has 0 aliphatic heterocycles. The van der Waals surface area contributed by atoms with E-state index in [1.807, 2.05) is 0 Å². The Morgan fingerprint density at radius 2 is 1.30 bits per heavy atom. The van der Waals surface area contributed by atoms with Crippen LogP contribution >= 0.6 is 0 Å². The van der Waals surface area contributed by atoms with Gasteiger partial charge < -0.3 is 9.22 Å². The Bertz CT molecular complexity index is 244. The topological polar surface area (TPSA) is 26.3 Å². The van der Waals surface area contributed by atoms with Gasteiger partial charge in [-0.25, -0.2) is 0 Å². The third-order valence-corrected chi connectivity index (χ3v) is 9.02. The van der Waals surface area contributed by atoms with E-state index < -0.39 is 8.32 Å². The third kappa shape index (κ3) is 9.70. The molecule has 0 N–H and O–H groups in total. The van der Waals surface area contributed by atoms with Crippen molar-refractivity contribution in [2.75, 3.05) is 6.61 Å². The maximum absolute atomic E-state index is 10.2. The van der Waals surface area contributed by atoms with Crippen LogP contribution in [0.2, 0.25) is 18.1 Å². The zero-order valence-electron chi connectivity index (χ0n) is 14.5. The average molecular weight is 301 g/mol. The standard InChI is InChI=1S/C17H36O2Si/c1-17(2,3)20(4,5)19-16-14-12-10-8-6-7-9-11-13-15-18/h15H,6-14,16H2,1-5H3. The van der Waals surface area contributed by atoms with Crippen LogP contribution in [0.5, 0.6) is 0 Å². The molecular formula is C17H36O2Si. The third-order valence-electron chi connectivity index (χ3n) is 4.49. The molecule has 0 aromatic heterocycles. The molecule has 2 nitrogen and oxygen atoms in total. The number of rotatable bonds is 12. The van der Waals surface area contributed by atoms with Crippen molar-refractivity contribution in [3.8, 4) is 0 Å². The molecule has 0 fully saturated rings. The first kappa shape index (κ1) is 19.8. The Labute approximate surface area is 127 Å². The molecule has 120 valence electrons. The molecule has 0 heterocycles. The van der Waals surface area contributed by atoms with Crippen molar-refractivity contribution in [3.63, 3.8) is 0 Å². The van der Waals surface area contributed by atoms with Crippen molar-refractivity contribution in [1.29, 1.82) is 0 Å². The van der Waals surface area contributed by atoms with Crippen molar-refractivity contribution >= 4 is 14.6 Å². The van der Waals surface area contributed by atoms with Gasteiger partial charge in [0.25, 0.3) is 0 Å². The second kappa shape index (κ2) is 10.6. The number of hydrogen-bond acceptors (Lipinski definition) is 2. The SMILES string of the molecule is CC(C)(C)[Si](C)(C)OCCCCCCCCCCC=O. The first-order valence-electron chi connectivity index (χ1n) is 8.39. The van der Waals surface area contributed by atoms with Crippen LogP contribution in [0.25, 0.3) is 0 Å². The summed E-state index contributed by atoms with van der Waals surface area (Å²) in [7, 11) is -1.53. The number of unbranched alkanes of at least 4 members (excludes halogenated alkanes) is 8. The van der Waals surface area contributed by atoms with Crippen LogP contribution in [0.4, 0.5) is 0 Å². The van der Waals surface area contributed by atoms with E-state index in [1.54, 1.807) is 0 Å². The largest absolute Gasteiger partial charge is 0.417 e. The summed E-state index contributed by atoms with van der Waals surface area (Å²) in [4.78, 5) is 10.2. The fourth-order valence-corrected chi connectivity index (χ4v) is 3.02. The summed E-state index contributed by atoms with van der Waals surface area (Å²) in [5, 5.41) is 0.328. The number of carbonyl (C=O) groups excluding carboxylic acids is 1. The van der Waals surface area contributed by atoms with Crippen LogP contribution in [0.15, 0.2) is 0 Å². The van der Waals surface area contributed by atoms with Gasteiger partial charge in [0.1, 0.15) is 6.29 Å². The van der Waals surface area contributed by atoms with E-state index in [-0.39, 0.29) is 0 Å². The second-order valence-corrected chi connectivity index (χ2v) is 12.2. The smallest absolute Gasteiger partial charge is 0.191 e. The molecule has 0 bridgehead atoms. The van der Waals surface area contributed by atoms with Crippen molar-refractivity contribution in [2.45, 2.75) is 96.7 Å². The number of aldehydes is 1. The zero-order valence-corrected chi connectivity index (χ0v) is 15.5. The highest BCUT2D eigenvalue weighted by Crippen LogP contribution is 2.36. The van der Waals surface area contributed by atoms with Gasteiger partial charge in [0.2, 0.25) is 0 Å². The Balaban J connectivity index is 3.35. The van der Waals surface area contributed by atoms with Crippen LogP contribution in [0, 0.1) is 0 Å². The second-order valence-electron chi connectivity index (χ2n) is 7.39. The number of carbonyl (C=O) groups is 1. The van der Waals surface area contributed by atoms with Crippen LogP contribution in [0.3, 0.4) is 0 Å². The molecule has 0 radical (unpaired) electrons. The highest BCUT2D eigenvalue weighted by atomic mass is 28.4. The molecule has 0 spiro atoms. The van der Waals surface area contributed by atoms with Crippen LogP contribution in [-0.4, -0.2) is 21.2 Å². The maximum atomic E-state index is 10.2. The molecule has 0 rings (SSSR count). The molecular weight excluding hydrogens is 264 g/mol. The first-order valence-corrected chi connectivity index (χ1v) is 11.3. The lowest BCUT2D eigenvalue weighted by atomic mass is 10.1. The van der Waals surface area contributed by atoms with Gasteiger partial charge in [0, 0.05) is 13.0 Å². The van der Waals surface area contributed by atoms with Gasteiger partial charge in [-0.15, -0.1) is 0 Å². The highest BCUT2D eigenvalue weighted by Gasteiger charge is 2.36. The van der Waals surface area contributed by atoms with E-state index in [2.05, 4.69) is 33.9 Å². The van der Waals surface area contributed by atoms with Gasteiger partial charge in [0.15, 0.2) is 8.32 Å². The minimum absolute atomic E-state index is 0.328. The minimum atomic E-state index is -1.53. The summed E-state index contributed by atoms with van der Waals surface area (Å²) in [5.41, 5.74) is 0. The van der Waals surface area contributed by atoms with E-state index >= 15 is 0 Å². The molecule has 0 aromatic rings. The van der Waals surface area contributed by atoms with Gasteiger partial charge in [-0.3, -0.25) is 0 Å². The van der Waals surface area contributed by atoms with Gasteiger partial charge in [-0.1, -0.05) is 59.3 Å². The molecule has 0 saturated heterocycles. The summed E-state index contributed by atoms with van der Waals surface area (Å²) in [6, 6.07) is 0. The summed E-state index contributed by atoms with van der Waals surface area (Å²) in [5.74, 6) is 0.